The Bertz CT molecular complexity index is 795. The summed E-state index contributed by atoms with van der Waals surface area (Å²) in [5, 5.41) is 10.7. The number of carbonyl (C=O) groups is 1. The Hall–Kier alpha value is -2.73. The highest BCUT2D eigenvalue weighted by atomic mass is 16.6. The molecular weight excluding hydrogens is 342 g/mol. The molecule has 2 aromatic carbocycles. The molecule has 0 bridgehead atoms. The molecule has 0 spiro atoms. The van der Waals surface area contributed by atoms with Gasteiger partial charge in [0.05, 0.1) is 10.3 Å². The number of nitro benzene ring substituents is 1. The number of amides is 1. The highest BCUT2D eigenvalue weighted by Crippen LogP contribution is 2.26. The SMILES string of the molecule is CC(C)(C(=O)N1CCN(Cc2ccc([N+](=O)[O-])cc2)CC1)c1ccccc1. The average molecular weight is 367 g/mol. The molecule has 0 radical (unpaired) electrons. The highest BCUT2D eigenvalue weighted by Gasteiger charge is 2.34. The summed E-state index contributed by atoms with van der Waals surface area (Å²) >= 11 is 0. The summed E-state index contributed by atoms with van der Waals surface area (Å²) in [5.41, 5.74) is 1.65. The molecule has 1 amide bonds. The fourth-order valence-corrected chi connectivity index (χ4v) is 3.46. The van der Waals surface area contributed by atoms with Gasteiger partial charge in [-0.15, -0.1) is 0 Å². The van der Waals surface area contributed by atoms with E-state index in [1.54, 1.807) is 12.1 Å². The molecule has 0 unspecified atom stereocenters. The van der Waals surface area contributed by atoms with Crippen LogP contribution in [-0.2, 0) is 16.8 Å². The monoisotopic (exact) mass is 367 g/mol. The summed E-state index contributed by atoms with van der Waals surface area (Å²) in [4.78, 5) is 27.6. The van der Waals surface area contributed by atoms with Crippen LogP contribution < -0.4 is 0 Å². The third-order valence-corrected chi connectivity index (χ3v) is 5.24. The summed E-state index contributed by atoms with van der Waals surface area (Å²) in [6, 6.07) is 16.6. The molecule has 6 nitrogen and oxygen atoms in total. The lowest BCUT2D eigenvalue weighted by Gasteiger charge is -2.38. The molecule has 3 rings (SSSR count). The fourth-order valence-electron chi connectivity index (χ4n) is 3.46. The van der Waals surface area contributed by atoms with Crippen LogP contribution in [0.3, 0.4) is 0 Å². The molecule has 0 N–H and O–H groups in total. The lowest BCUT2D eigenvalue weighted by Crippen LogP contribution is -2.52. The molecule has 1 aliphatic rings. The van der Waals surface area contributed by atoms with Gasteiger partial charge in [0.2, 0.25) is 5.91 Å². The largest absolute Gasteiger partial charge is 0.339 e. The van der Waals surface area contributed by atoms with E-state index in [4.69, 9.17) is 0 Å². The van der Waals surface area contributed by atoms with Gasteiger partial charge >= 0.3 is 0 Å². The first-order valence-electron chi connectivity index (χ1n) is 9.18. The standard InChI is InChI=1S/C21H25N3O3/c1-21(2,18-6-4-3-5-7-18)20(25)23-14-12-22(13-15-23)16-17-8-10-19(11-9-17)24(26)27/h3-11H,12-16H2,1-2H3. The molecule has 6 heteroatoms. The van der Waals surface area contributed by atoms with Gasteiger partial charge in [0.1, 0.15) is 0 Å². The number of piperazine rings is 1. The van der Waals surface area contributed by atoms with Crippen LogP contribution in [-0.4, -0.2) is 46.8 Å². The number of non-ortho nitro benzene ring substituents is 1. The second-order valence-corrected chi connectivity index (χ2v) is 7.48. The minimum absolute atomic E-state index is 0.109. The first-order chi connectivity index (χ1) is 12.9. The van der Waals surface area contributed by atoms with Crippen molar-refractivity contribution in [1.82, 2.24) is 9.80 Å². The molecular formula is C21H25N3O3. The van der Waals surface area contributed by atoms with E-state index in [2.05, 4.69) is 4.90 Å². The molecule has 0 aliphatic carbocycles. The van der Waals surface area contributed by atoms with Crippen molar-refractivity contribution < 1.29 is 9.72 Å². The lowest BCUT2D eigenvalue weighted by molar-refractivity contribution is -0.384. The maximum atomic E-state index is 13.0. The summed E-state index contributed by atoms with van der Waals surface area (Å²) in [6.45, 7) is 7.69. The van der Waals surface area contributed by atoms with Gasteiger partial charge in [-0.25, -0.2) is 0 Å². The second-order valence-electron chi connectivity index (χ2n) is 7.48. The van der Waals surface area contributed by atoms with Crippen molar-refractivity contribution >= 4 is 11.6 Å². The van der Waals surface area contributed by atoms with Gasteiger partial charge in [-0.3, -0.25) is 19.8 Å². The number of hydrogen-bond donors (Lipinski definition) is 0. The Balaban J connectivity index is 1.57. The molecule has 2 aromatic rings. The third kappa shape index (κ3) is 4.34. The second kappa shape index (κ2) is 7.88. The lowest BCUT2D eigenvalue weighted by atomic mass is 9.83. The molecule has 1 aliphatic heterocycles. The van der Waals surface area contributed by atoms with Crippen molar-refractivity contribution in [2.75, 3.05) is 26.2 Å². The van der Waals surface area contributed by atoms with Crippen molar-refractivity contribution in [2.45, 2.75) is 25.8 Å². The van der Waals surface area contributed by atoms with Crippen LogP contribution in [0.2, 0.25) is 0 Å². The van der Waals surface area contributed by atoms with E-state index in [1.807, 2.05) is 49.1 Å². The Morgan fingerprint density at radius 2 is 1.59 bits per heavy atom. The zero-order chi connectivity index (χ0) is 19.4. The van der Waals surface area contributed by atoms with Gasteiger partial charge in [-0.1, -0.05) is 42.5 Å². The molecule has 1 heterocycles. The van der Waals surface area contributed by atoms with Gasteiger partial charge < -0.3 is 4.90 Å². The van der Waals surface area contributed by atoms with E-state index in [0.717, 1.165) is 30.8 Å². The van der Waals surface area contributed by atoms with Crippen molar-refractivity contribution in [3.8, 4) is 0 Å². The summed E-state index contributed by atoms with van der Waals surface area (Å²) in [5.74, 6) is 0.156. The van der Waals surface area contributed by atoms with E-state index in [-0.39, 0.29) is 16.5 Å². The number of carbonyl (C=O) groups excluding carboxylic acids is 1. The van der Waals surface area contributed by atoms with E-state index in [9.17, 15) is 14.9 Å². The van der Waals surface area contributed by atoms with E-state index in [0.29, 0.717) is 13.1 Å². The maximum Gasteiger partial charge on any atom is 0.269 e. The smallest absolute Gasteiger partial charge is 0.269 e. The zero-order valence-corrected chi connectivity index (χ0v) is 15.8. The number of rotatable bonds is 5. The Kier molecular flexibility index (Phi) is 5.56. The third-order valence-electron chi connectivity index (χ3n) is 5.24. The molecule has 142 valence electrons. The number of nitrogens with zero attached hydrogens (tertiary/aromatic N) is 3. The number of benzene rings is 2. The van der Waals surface area contributed by atoms with Gasteiger partial charge in [0, 0.05) is 44.9 Å². The summed E-state index contributed by atoms with van der Waals surface area (Å²) < 4.78 is 0. The van der Waals surface area contributed by atoms with Crippen LogP contribution in [0.4, 0.5) is 5.69 Å². The summed E-state index contributed by atoms with van der Waals surface area (Å²) in [7, 11) is 0. The van der Waals surface area contributed by atoms with Crippen molar-refractivity contribution in [3.63, 3.8) is 0 Å². The minimum Gasteiger partial charge on any atom is -0.339 e. The van der Waals surface area contributed by atoms with Crippen LogP contribution in [0, 0.1) is 10.1 Å². The van der Waals surface area contributed by atoms with E-state index in [1.165, 1.54) is 12.1 Å². The van der Waals surface area contributed by atoms with Crippen LogP contribution in [0.15, 0.2) is 54.6 Å². The fraction of sp³-hybridized carbons (Fsp3) is 0.381. The van der Waals surface area contributed by atoms with Crippen molar-refractivity contribution in [1.29, 1.82) is 0 Å². The minimum atomic E-state index is -0.540. The van der Waals surface area contributed by atoms with Gasteiger partial charge in [0.25, 0.3) is 5.69 Å². The molecule has 0 atom stereocenters. The molecule has 0 aromatic heterocycles. The van der Waals surface area contributed by atoms with Crippen molar-refractivity contribution in [2.24, 2.45) is 0 Å². The Morgan fingerprint density at radius 3 is 2.15 bits per heavy atom. The average Bonchev–Trinajstić information content (AvgIpc) is 2.69. The predicted molar refractivity (Wildman–Crippen MR) is 104 cm³/mol. The Labute approximate surface area is 159 Å². The molecule has 0 saturated carbocycles. The zero-order valence-electron chi connectivity index (χ0n) is 15.8. The van der Waals surface area contributed by atoms with Gasteiger partial charge in [0.15, 0.2) is 0 Å². The van der Waals surface area contributed by atoms with Crippen LogP contribution in [0.5, 0.6) is 0 Å². The molecule has 1 saturated heterocycles. The Morgan fingerprint density at radius 1 is 1.00 bits per heavy atom. The van der Waals surface area contributed by atoms with Crippen LogP contribution in [0.1, 0.15) is 25.0 Å². The molecule has 27 heavy (non-hydrogen) atoms. The quantitative estimate of drug-likeness (QED) is 0.601. The first-order valence-corrected chi connectivity index (χ1v) is 9.18. The highest BCUT2D eigenvalue weighted by molar-refractivity contribution is 5.87. The first kappa shape index (κ1) is 19.0. The summed E-state index contributed by atoms with van der Waals surface area (Å²) in [6.07, 6.45) is 0. The van der Waals surface area contributed by atoms with Gasteiger partial charge in [-0.2, -0.15) is 0 Å². The topological polar surface area (TPSA) is 66.7 Å². The molecule has 1 fully saturated rings. The normalized spacial score (nSPS) is 15.6. The number of nitro groups is 1. The van der Waals surface area contributed by atoms with Crippen LogP contribution >= 0.6 is 0 Å². The van der Waals surface area contributed by atoms with E-state index < -0.39 is 5.41 Å². The van der Waals surface area contributed by atoms with Gasteiger partial charge in [-0.05, 0) is 25.0 Å². The van der Waals surface area contributed by atoms with Crippen LogP contribution in [0.25, 0.3) is 0 Å². The number of hydrogen-bond acceptors (Lipinski definition) is 4. The van der Waals surface area contributed by atoms with Crippen molar-refractivity contribution in [3.05, 3.63) is 75.8 Å². The predicted octanol–water partition coefficient (Wildman–Crippen LogP) is 3.22. The van der Waals surface area contributed by atoms with E-state index >= 15 is 0 Å². The maximum absolute atomic E-state index is 13.0.